The Morgan fingerprint density at radius 2 is 1.93 bits per heavy atom. The minimum absolute atomic E-state index is 0.198. The molecule has 4 rings (SSSR count). The molecular weight excluding hydrogens is 384 g/mol. The standard InChI is InChI=1S/C18H19ClN6OS/c1-12(9-16-20-10-14(19)11-21-16)27(26)24-18-23-22-17(25(18)15-7-8-15)13-5-3-2-4-6-13/h2-6,10-12,15H,7-9H2,1H3,(H,23,24)/t12-,27?/m0/s1. The first kappa shape index (κ1) is 18.1. The quantitative estimate of drug-likeness (QED) is 0.654. The second-order valence-corrected chi connectivity index (χ2v) is 8.59. The molecule has 0 bridgehead atoms. The molecule has 0 spiro atoms. The van der Waals surface area contributed by atoms with Gasteiger partial charge in [0.2, 0.25) is 5.95 Å². The SMILES string of the molecule is C[C@@H](Cc1ncc(Cl)cn1)S(=O)Nc1nnc(-c2ccccc2)n1C1CC1. The number of anilines is 1. The van der Waals surface area contributed by atoms with Crippen molar-refractivity contribution in [3.8, 4) is 11.4 Å². The van der Waals surface area contributed by atoms with E-state index in [2.05, 4.69) is 29.5 Å². The average molecular weight is 403 g/mol. The van der Waals surface area contributed by atoms with Gasteiger partial charge in [-0.3, -0.25) is 9.29 Å². The Balaban J connectivity index is 1.51. The lowest BCUT2D eigenvalue weighted by Gasteiger charge is -2.14. The molecule has 1 saturated carbocycles. The molecule has 1 aliphatic rings. The summed E-state index contributed by atoms with van der Waals surface area (Å²) in [6, 6.07) is 10.3. The number of nitrogens with zero attached hydrogens (tertiary/aromatic N) is 5. The summed E-state index contributed by atoms with van der Waals surface area (Å²) in [6.07, 6.45) is 5.71. The van der Waals surface area contributed by atoms with E-state index in [1.165, 1.54) is 0 Å². The van der Waals surface area contributed by atoms with E-state index in [1.54, 1.807) is 12.4 Å². The molecule has 3 aromatic rings. The van der Waals surface area contributed by atoms with Crippen LogP contribution in [0.4, 0.5) is 5.95 Å². The largest absolute Gasteiger partial charge is 0.290 e. The van der Waals surface area contributed by atoms with Gasteiger partial charge < -0.3 is 0 Å². The second-order valence-electron chi connectivity index (χ2n) is 6.55. The molecule has 1 fully saturated rings. The lowest BCUT2D eigenvalue weighted by molar-refractivity contribution is 0.671. The molecule has 2 heterocycles. The summed E-state index contributed by atoms with van der Waals surface area (Å²) in [5.41, 5.74) is 0.998. The zero-order valence-electron chi connectivity index (χ0n) is 14.7. The van der Waals surface area contributed by atoms with Gasteiger partial charge in [0, 0.05) is 30.4 Å². The third kappa shape index (κ3) is 4.17. The van der Waals surface area contributed by atoms with Crippen LogP contribution >= 0.6 is 11.6 Å². The maximum Gasteiger partial charge on any atom is 0.237 e. The van der Waals surface area contributed by atoms with E-state index in [9.17, 15) is 4.21 Å². The van der Waals surface area contributed by atoms with Crippen molar-refractivity contribution in [1.82, 2.24) is 24.7 Å². The molecule has 2 aromatic heterocycles. The van der Waals surface area contributed by atoms with Crippen molar-refractivity contribution in [1.29, 1.82) is 0 Å². The summed E-state index contributed by atoms with van der Waals surface area (Å²) in [5.74, 6) is 1.94. The van der Waals surface area contributed by atoms with E-state index in [1.807, 2.05) is 37.3 Å². The van der Waals surface area contributed by atoms with Crippen LogP contribution in [0.2, 0.25) is 5.02 Å². The summed E-state index contributed by atoms with van der Waals surface area (Å²) in [5, 5.41) is 8.87. The fourth-order valence-electron chi connectivity index (χ4n) is 2.79. The van der Waals surface area contributed by atoms with Crippen LogP contribution in [0.25, 0.3) is 11.4 Å². The molecule has 0 amide bonds. The highest BCUT2D eigenvalue weighted by Gasteiger charge is 2.31. The number of halogens is 1. The Labute approximate surface area is 164 Å². The van der Waals surface area contributed by atoms with E-state index in [-0.39, 0.29) is 5.25 Å². The highest BCUT2D eigenvalue weighted by atomic mass is 35.5. The minimum atomic E-state index is -1.35. The maximum absolute atomic E-state index is 12.8. The van der Waals surface area contributed by atoms with Crippen LogP contribution < -0.4 is 4.72 Å². The molecule has 7 nitrogen and oxygen atoms in total. The highest BCUT2D eigenvalue weighted by molar-refractivity contribution is 7.86. The summed E-state index contributed by atoms with van der Waals surface area (Å²) in [4.78, 5) is 8.34. The van der Waals surface area contributed by atoms with Gasteiger partial charge in [-0.25, -0.2) is 14.2 Å². The fraction of sp³-hybridized carbons (Fsp3) is 0.333. The van der Waals surface area contributed by atoms with Crippen molar-refractivity contribution in [2.24, 2.45) is 0 Å². The monoisotopic (exact) mass is 402 g/mol. The van der Waals surface area contributed by atoms with Gasteiger partial charge in [-0.05, 0) is 19.8 Å². The van der Waals surface area contributed by atoms with E-state index in [4.69, 9.17) is 11.6 Å². The first-order chi connectivity index (χ1) is 13.1. The smallest absolute Gasteiger partial charge is 0.237 e. The van der Waals surface area contributed by atoms with Gasteiger partial charge in [-0.1, -0.05) is 41.9 Å². The second kappa shape index (κ2) is 7.74. The third-order valence-electron chi connectivity index (χ3n) is 4.34. The molecule has 2 atom stereocenters. The number of rotatable bonds is 7. The molecule has 27 heavy (non-hydrogen) atoms. The molecule has 0 aliphatic heterocycles. The van der Waals surface area contributed by atoms with Crippen LogP contribution in [0.3, 0.4) is 0 Å². The van der Waals surface area contributed by atoms with E-state index >= 15 is 0 Å². The summed E-state index contributed by atoms with van der Waals surface area (Å²) < 4.78 is 17.8. The molecule has 1 aliphatic carbocycles. The first-order valence-corrected chi connectivity index (χ1v) is 10.3. The summed E-state index contributed by atoms with van der Waals surface area (Å²) in [7, 11) is -1.35. The van der Waals surface area contributed by atoms with Gasteiger partial charge in [0.1, 0.15) is 16.8 Å². The Morgan fingerprint density at radius 1 is 1.22 bits per heavy atom. The van der Waals surface area contributed by atoms with Gasteiger partial charge >= 0.3 is 0 Å². The number of hydrogen-bond donors (Lipinski definition) is 1. The molecule has 0 radical (unpaired) electrons. The minimum Gasteiger partial charge on any atom is -0.290 e. The van der Waals surface area contributed by atoms with E-state index < -0.39 is 11.0 Å². The van der Waals surface area contributed by atoms with E-state index in [0.29, 0.717) is 29.3 Å². The van der Waals surface area contributed by atoms with Crippen LogP contribution in [0.1, 0.15) is 31.6 Å². The predicted octanol–water partition coefficient (Wildman–Crippen LogP) is 3.43. The van der Waals surface area contributed by atoms with Crippen molar-refractivity contribution in [3.05, 3.63) is 53.6 Å². The van der Waals surface area contributed by atoms with E-state index in [0.717, 1.165) is 24.2 Å². The molecule has 1 aromatic carbocycles. The summed E-state index contributed by atoms with van der Waals surface area (Å²) >= 11 is 5.81. The van der Waals surface area contributed by atoms with Crippen molar-refractivity contribution in [3.63, 3.8) is 0 Å². The van der Waals surface area contributed by atoms with Gasteiger partial charge in [-0.15, -0.1) is 10.2 Å². The molecule has 9 heteroatoms. The third-order valence-corrected chi connectivity index (χ3v) is 5.82. The normalized spacial score (nSPS) is 16.1. The maximum atomic E-state index is 12.8. The lowest BCUT2D eigenvalue weighted by Crippen LogP contribution is -2.23. The zero-order valence-corrected chi connectivity index (χ0v) is 16.3. The molecule has 1 unspecified atom stereocenters. The zero-order chi connectivity index (χ0) is 18.8. The van der Waals surface area contributed by atoms with Crippen molar-refractivity contribution >= 4 is 28.5 Å². The molecule has 140 valence electrons. The Morgan fingerprint density at radius 3 is 2.59 bits per heavy atom. The number of hydrogen-bond acceptors (Lipinski definition) is 5. The Bertz CT molecular complexity index is 942. The molecular formula is C18H19ClN6OS. The first-order valence-electron chi connectivity index (χ1n) is 8.76. The lowest BCUT2D eigenvalue weighted by atomic mass is 10.2. The Hall–Kier alpha value is -2.32. The highest BCUT2D eigenvalue weighted by Crippen LogP contribution is 2.40. The average Bonchev–Trinajstić information content (AvgIpc) is 3.44. The molecule has 1 N–H and O–H groups in total. The van der Waals surface area contributed by atoms with Crippen LogP contribution in [0.15, 0.2) is 42.7 Å². The topological polar surface area (TPSA) is 85.6 Å². The van der Waals surface area contributed by atoms with Crippen molar-refractivity contribution < 1.29 is 4.21 Å². The number of aromatic nitrogens is 5. The van der Waals surface area contributed by atoms with Crippen molar-refractivity contribution in [2.75, 3.05) is 4.72 Å². The van der Waals surface area contributed by atoms with Crippen LogP contribution in [0, 0.1) is 0 Å². The van der Waals surface area contributed by atoms with Crippen LogP contribution in [-0.4, -0.2) is 34.2 Å². The van der Waals surface area contributed by atoms with Gasteiger partial charge in [-0.2, -0.15) is 0 Å². The fourth-order valence-corrected chi connectivity index (χ4v) is 3.71. The van der Waals surface area contributed by atoms with Gasteiger partial charge in [0.15, 0.2) is 5.82 Å². The van der Waals surface area contributed by atoms with Crippen LogP contribution in [-0.2, 0) is 17.4 Å². The van der Waals surface area contributed by atoms with Gasteiger partial charge in [0.05, 0.1) is 10.3 Å². The molecule has 0 saturated heterocycles. The Kier molecular flexibility index (Phi) is 5.18. The van der Waals surface area contributed by atoms with Crippen LogP contribution in [0.5, 0.6) is 0 Å². The number of nitrogens with one attached hydrogen (secondary N) is 1. The summed E-state index contributed by atoms with van der Waals surface area (Å²) in [6.45, 7) is 1.89. The predicted molar refractivity (Wildman–Crippen MR) is 106 cm³/mol. The van der Waals surface area contributed by atoms with Gasteiger partial charge in [0.25, 0.3) is 0 Å². The number of benzene rings is 1. The van der Waals surface area contributed by atoms with Crippen molar-refractivity contribution in [2.45, 2.75) is 37.5 Å².